The van der Waals surface area contributed by atoms with Gasteiger partial charge in [0.15, 0.2) is 6.10 Å². The Hall–Kier alpha value is -4.19. The summed E-state index contributed by atoms with van der Waals surface area (Å²) in [7, 11) is 0. The predicted octanol–water partition coefficient (Wildman–Crippen LogP) is 22.8. The lowest BCUT2D eigenvalue weighted by Crippen LogP contribution is -2.30. The van der Waals surface area contributed by atoms with Crippen molar-refractivity contribution in [2.45, 2.75) is 309 Å². The van der Waals surface area contributed by atoms with Gasteiger partial charge in [0, 0.05) is 19.3 Å². The molecule has 0 aromatic carbocycles. The van der Waals surface area contributed by atoms with Crippen LogP contribution in [0.25, 0.3) is 0 Å². The van der Waals surface area contributed by atoms with E-state index >= 15 is 0 Å². The number of carbonyl (C=O) groups excluding carboxylic acids is 3. The number of carbonyl (C=O) groups is 3. The summed E-state index contributed by atoms with van der Waals surface area (Å²) in [5, 5.41) is 0. The fourth-order valence-corrected chi connectivity index (χ4v) is 9.04. The van der Waals surface area contributed by atoms with Gasteiger partial charge in [0.2, 0.25) is 0 Å². The Kier molecular flexibility index (Phi) is 62.8. The maximum Gasteiger partial charge on any atom is 0.306 e. The van der Waals surface area contributed by atoms with Crippen LogP contribution in [-0.4, -0.2) is 37.2 Å². The molecule has 79 heavy (non-hydrogen) atoms. The van der Waals surface area contributed by atoms with Crippen LogP contribution in [0.1, 0.15) is 303 Å². The average Bonchev–Trinajstić information content (AvgIpc) is 3.45. The molecule has 0 N–H and O–H groups in total. The molecule has 6 heteroatoms. The van der Waals surface area contributed by atoms with Crippen molar-refractivity contribution in [2.24, 2.45) is 0 Å². The van der Waals surface area contributed by atoms with Crippen LogP contribution in [0.2, 0.25) is 0 Å². The molecule has 1 atom stereocenters. The van der Waals surface area contributed by atoms with Gasteiger partial charge in [0.1, 0.15) is 13.2 Å². The zero-order chi connectivity index (χ0) is 57.1. The number of rotatable bonds is 59. The lowest BCUT2D eigenvalue weighted by Gasteiger charge is -2.18. The lowest BCUT2D eigenvalue weighted by atomic mass is 10.0. The third-order valence-corrected chi connectivity index (χ3v) is 13.9. The Morgan fingerprint density at radius 2 is 0.494 bits per heavy atom. The fraction of sp³-hybridized carbons (Fsp3) is 0.685. The topological polar surface area (TPSA) is 78.9 Å². The van der Waals surface area contributed by atoms with Crippen molar-refractivity contribution in [2.75, 3.05) is 13.2 Å². The molecule has 0 fully saturated rings. The Morgan fingerprint density at radius 3 is 0.772 bits per heavy atom. The van der Waals surface area contributed by atoms with Crippen molar-refractivity contribution in [1.82, 2.24) is 0 Å². The van der Waals surface area contributed by atoms with Crippen LogP contribution in [0.5, 0.6) is 0 Å². The molecule has 0 aromatic heterocycles. The van der Waals surface area contributed by atoms with Crippen LogP contribution >= 0.6 is 0 Å². The molecule has 450 valence electrons. The highest BCUT2D eigenvalue weighted by Crippen LogP contribution is 2.16. The summed E-state index contributed by atoms with van der Waals surface area (Å²) in [6.45, 7) is 6.40. The number of allylic oxidation sites excluding steroid dienone is 20. The Labute approximate surface area is 488 Å². The van der Waals surface area contributed by atoms with Gasteiger partial charge in [0.05, 0.1) is 0 Å². The second-order valence-electron chi connectivity index (χ2n) is 21.6. The number of hydrogen-bond acceptors (Lipinski definition) is 6. The molecule has 0 aliphatic carbocycles. The van der Waals surface area contributed by atoms with Gasteiger partial charge in [-0.25, -0.2) is 0 Å². The van der Waals surface area contributed by atoms with E-state index in [1.54, 1.807) is 0 Å². The zero-order valence-corrected chi connectivity index (χ0v) is 51.6. The van der Waals surface area contributed by atoms with Crippen molar-refractivity contribution in [1.29, 1.82) is 0 Å². The Morgan fingerprint density at radius 1 is 0.266 bits per heavy atom. The van der Waals surface area contributed by atoms with Gasteiger partial charge in [-0.05, 0) is 128 Å². The molecular formula is C73H122O6. The van der Waals surface area contributed by atoms with E-state index in [4.69, 9.17) is 14.2 Å². The Bertz CT molecular complexity index is 1640. The molecule has 0 aromatic rings. The minimum absolute atomic E-state index is 0.0917. The molecule has 0 saturated heterocycles. The summed E-state index contributed by atoms with van der Waals surface area (Å²) < 4.78 is 16.9. The number of esters is 3. The third-order valence-electron chi connectivity index (χ3n) is 13.9. The largest absolute Gasteiger partial charge is 0.462 e. The van der Waals surface area contributed by atoms with E-state index in [1.165, 1.54) is 116 Å². The Balaban J connectivity index is 4.39. The van der Waals surface area contributed by atoms with Gasteiger partial charge in [-0.1, -0.05) is 277 Å². The SMILES string of the molecule is CC/C=C\C/C=C\C/C=C\C/C=C\CCCCCCCCCCCCCCC(=O)OCC(COC(=O)CCCCCCC/C=C\C/C=C\C/C=C\CC)OC(=O)CCCCCCCC/C=C\C/C=C\C/C=C\CCCCCCC. The second-order valence-corrected chi connectivity index (χ2v) is 21.6. The molecular weight excluding hydrogens is 973 g/mol. The third kappa shape index (κ3) is 64.5. The molecule has 0 aliphatic heterocycles. The van der Waals surface area contributed by atoms with Crippen molar-refractivity contribution >= 4 is 17.9 Å². The van der Waals surface area contributed by atoms with E-state index in [-0.39, 0.29) is 31.1 Å². The van der Waals surface area contributed by atoms with Crippen LogP contribution in [0, 0.1) is 0 Å². The first kappa shape index (κ1) is 74.8. The summed E-state index contributed by atoms with van der Waals surface area (Å²) in [4.78, 5) is 38.4. The van der Waals surface area contributed by atoms with Gasteiger partial charge in [-0.3, -0.25) is 14.4 Å². The second kappa shape index (κ2) is 66.3. The smallest absolute Gasteiger partial charge is 0.306 e. The van der Waals surface area contributed by atoms with E-state index in [9.17, 15) is 14.4 Å². The molecule has 0 radical (unpaired) electrons. The molecule has 0 spiro atoms. The standard InChI is InChI=1S/C73H122O6/c1-4-7-10-13-16-19-22-25-28-30-32-34-35-36-37-39-40-42-45-48-51-54-57-60-63-66-72(75)78-69-70(68-77-71(74)65-62-59-56-53-50-47-44-27-24-21-18-15-12-9-6-3)79-73(76)67-64-61-58-55-52-49-46-43-41-38-33-31-29-26-23-20-17-14-11-8-5-2/h7,9-10,12,16,18-19,21,23,25-28,31-34,41,43-44,70H,4-6,8,11,13-15,17,20,22,24,29-30,35-40,42,45-69H2,1-3H3/b10-7-,12-9-,19-16-,21-18-,26-23-,28-25-,33-31-,34-32-,43-41-,44-27-. The van der Waals surface area contributed by atoms with Crippen LogP contribution in [-0.2, 0) is 28.6 Å². The van der Waals surface area contributed by atoms with Crippen LogP contribution in [0.4, 0.5) is 0 Å². The quantitative estimate of drug-likeness (QED) is 0.0261. The highest BCUT2D eigenvalue weighted by molar-refractivity contribution is 5.71. The molecule has 1 unspecified atom stereocenters. The summed E-state index contributed by atoms with van der Waals surface area (Å²) in [6, 6.07) is 0. The van der Waals surface area contributed by atoms with E-state index in [0.717, 1.165) is 148 Å². The van der Waals surface area contributed by atoms with Crippen molar-refractivity contribution in [3.8, 4) is 0 Å². The number of hydrogen-bond donors (Lipinski definition) is 0. The first-order chi connectivity index (χ1) is 39.0. The van der Waals surface area contributed by atoms with Gasteiger partial charge < -0.3 is 14.2 Å². The van der Waals surface area contributed by atoms with Crippen molar-refractivity contribution < 1.29 is 28.6 Å². The molecule has 0 bridgehead atoms. The van der Waals surface area contributed by atoms with Crippen molar-refractivity contribution in [3.05, 3.63) is 122 Å². The van der Waals surface area contributed by atoms with Gasteiger partial charge in [-0.15, -0.1) is 0 Å². The maximum absolute atomic E-state index is 12.9. The predicted molar refractivity (Wildman–Crippen MR) is 343 cm³/mol. The van der Waals surface area contributed by atoms with Gasteiger partial charge in [-0.2, -0.15) is 0 Å². The summed E-state index contributed by atoms with van der Waals surface area (Å²) in [6.07, 6.45) is 92.0. The molecule has 0 saturated carbocycles. The van der Waals surface area contributed by atoms with Gasteiger partial charge >= 0.3 is 17.9 Å². The minimum atomic E-state index is -0.798. The van der Waals surface area contributed by atoms with Crippen LogP contribution < -0.4 is 0 Å². The maximum atomic E-state index is 12.9. The first-order valence-electron chi connectivity index (χ1n) is 33.0. The molecule has 6 nitrogen and oxygen atoms in total. The first-order valence-corrected chi connectivity index (χ1v) is 33.0. The summed E-state index contributed by atoms with van der Waals surface area (Å²) in [5.41, 5.74) is 0. The minimum Gasteiger partial charge on any atom is -0.462 e. The number of ether oxygens (including phenoxy) is 3. The van der Waals surface area contributed by atoms with E-state index in [0.29, 0.717) is 19.3 Å². The lowest BCUT2D eigenvalue weighted by molar-refractivity contribution is -0.167. The normalized spacial score (nSPS) is 12.9. The molecule has 0 aliphatic rings. The monoisotopic (exact) mass is 1090 g/mol. The molecule has 0 heterocycles. The van der Waals surface area contributed by atoms with E-state index in [1.807, 2.05) is 0 Å². The average molecular weight is 1100 g/mol. The van der Waals surface area contributed by atoms with E-state index in [2.05, 4.69) is 142 Å². The van der Waals surface area contributed by atoms with Crippen LogP contribution in [0.3, 0.4) is 0 Å². The van der Waals surface area contributed by atoms with Crippen LogP contribution in [0.15, 0.2) is 122 Å². The summed E-state index contributed by atoms with van der Waals surface area (Å²) in [5.74, 6) is -0.917. The number of unbranched alkanes of at least 4 members (excludes halogenated alkanes) is 28. The van der Waals surface area contributed by atoms with Gasteiger partial charge in [0.25, 0.3) is 0 Å². The fourth-order valence-electron chi connectivity index (χ4n) is 9.04. The highest BCUT2D eigenvalue weighted by atomic mass is 16.6. The molecule has 0 rings (SSSR count). The summed E-state index contributed by atoms with van der Waals surface area (Å²) >= 11 is 0. The zero-order valence-electron chi connectivity index (χ0n) is 51.6. The van der Waals surface area contributed by atoms with E-state index < -0.39 is 6.10 Å². The highest BCUT2D eigenvalue weighted by Gasteiger charge is 2.19. The molecule has 0 amide bonds. The van der Waals surface area contributed by atoms with Crippen molar-refractivity contribution in [3.63, 3.8) is 0 Å².